The predicted molar refractivity (Wildman–Crippen MR) is 101 cm³/mol. The minimum Gasteiger partial charge on any atom is -0.379 e. The molecular weight excluding hydrogens is 296 g/mol. The first-order chi connectivity index (χ1) is 11.6. The van der Waals surface area contributed by atoms with Crippen LogP contribution in [-0.4, -0.2) is 35.7 Å². The largest absolute Gasteiger partial charge is 0.379 e. The van der Waals surface area contributed by atoms with E-state index in [1.165, 1.54) is 0 Å². The normalized spacial score (nSPS) is 13.2. The van der Waals surface area contributed by atoms with Crippen molar-refractivity contribution in [1.29, 1.82) is 0 Å². The lowest BCUT2D eigenvalue weighted by Crippen LogP contribution is -2.53. The monoisotopic (exact) mass is 326 g/mol. The Morgan fingerprint density at radius 1 is 0.875 bits per heavy atom. The third-order valence-electron chi connectivity index (χ3n) is 4.50. The minimum absolute atomic E-state index is 0.402. The van der Waals surface area contributed by atoms with Crippen molar-refractivity contribution in [3.05, 3.63) is 71.8 Å². The molecule has 1 atom stereocenters. The van der Waals surface area contributed by atoms with Crippen LogP contribution in [-0.2, 0) is 5.60 Å². The summed E-state index contributed by atoms with van der Waals surface area (Å²) in [5, 5.41) is 11.7. The molecule has 0 unspecified atom stereocenters. The lowest BCUT2D eigenvalue weighted by atomic mass is 9.80. The van der Waals surface area contributed by atoms with E-state index in [4.69, 9.17) is 5.73 Å². The van der Waals surface area contributed by atoms with Crippen molar-refractivity contribution in [2.24, 2.45) is 5.73 Å². The second kappa shape index (κ2) is 8.97. The molecule has 2 aromatic carbocycles. The molecule has 3 nitrogen and oxygen atoms in total. The van der Waals surface area contributed by atoms with Gasteiger partial charge >= 0.3 is 0 Å². The van der Waals surface area contributed by atoms with E-state index in [2.05, 4.69) is 18.7 Å². The highest BCUT2D eigenvalue weighted by atomic mass is 16.3. The van der Waals surface area contributed by atoms with Crippen molar-refractivity contribution in [3.8, 4) is 0 Å². The Bertz CT molecular complexity index is 540. The van der Waals surface area contributed by atoms with Crippen LogP contribution in [0.3, 0.4) is 0 Å². The van der Waals surface area contributed by atoms with Crippen molar-refractivity contribution >= 4 is 0 Å². The summed E-state index contributed by atoms with van der Waals surface area (Å²) in [6.07, 6.45) is 2.17. The first kappa shape index (κ1) is 18.7. The summed E-state index contributed by atoms with van der Waals surface area (Å²) in [7, 11) is 0. The molecule has 3 N–H and O–H groups in total. The number of hydrogen-bond donors (Lipinski definition) is 2. The molecule has 3 heteroatoms. The average molecular weight is 326 g/mol. The number of aliphatic hydroxyl groups is 1. The zero-order valence-electron chi connectivity index (χ0n) is 14.9. The quantitative estimate of drug-likeness (QED) is 0.743. The van der Waals surface area contributed by atoms with Crippen LogP contribution in [0.4, 0.5) is 0 Å². The molecule has 0 saturated heterocycles. The van der Waals surface area contributed by atoms with E-state index in [-0.39, 0.29) is 0 Å². The van der Waals surface area contributed by atoms with Crippen molar-refractivity contribution in [2.75, 3.05) is 19.6 Å². The molecule has 0 saturated carbocycles. The average Bonchev–Trinajstić information content (AvgIpc) is 2.63. The van der Waals surface area contributed by atoms with Gasteiger partial charge in [0.15, 0.2) is 0 Å². The fraction of sp³-hybridized carbons (Fsp3) is 0.429. The second-order valence-corrected chi connectivity index (χ2v) is 6.41. The number of nitrogens with zero attached hydrogens (tertiary/aromatic N) is 1. The van der Waals surface area contributed by atoms with E-state index >= 15 is 0 Å². The van der Waals surface area contributed by atoms with Crippen LogP contribution >= 0.6 is 0 Å². The summed E-state index contributed by atoms with van der Waals surface area (Å²) < 4.78 is 0. The van der Waals surface area contributed by atoms with Crippen molar-refractivity contribution in [3.63, 3.8) is 0 Å². The van der Waals surface area contributed by atoms with E-state index in [0.717, 1.165) is 37.1 Å². The SMILES string of the molecule is CCCN(CCC)C[C@H](N)C(O)(c1ccccc1)c1ccccc1. The topological polar surface area (TPSA) is 49.5 Å². The number of benzene rings is 2. The smallest absolute Gasteiger partial charge is 0.131 e. The molecule has 0 aromatic heterocycles. The third-order valence-corrected chi connectivity index (χ3v) is 4.50. The first-order valence-corrected chi connectivity index (χ1v) is 8.94. The Balaban J connectivity index is 2.36. The fourth-order valence-electron chi connectivity index (χ4n) is 3.32. The lowest BCUT2D eigenvalue weighted by molar-refractivity contribution is 0.0365. The molecule has 130 valence electrons. The predicted octanol–water partition coefficient (Wildman–Crippen LogP) is 3.37. The standard InChI is InChI=1S/C21H30N2O/c1-3-15-23(16-4-2)17-20(22)21(24,18-11-7-5-8-12-18)19-13-9-6-10-14-19/h5-14,20,24H,3-4,15-17,22H2,1-2H3/t20-/m0/s1. The summed E-state index contributed by atoms with van der Waals surface area (Å²) in [6, 6.07) is 19.1. The molecular formula is C21H30N2O. The zero-order chi connectivity index (χ0) is 17.4. The van der Waals surface area contributed by atoms with Crippen LogP contribution in [0.15, 0.2) is 60.7 Å². The Morgan fingerprint density at radius 3 is 1.67 bits per heavy atom. The Morgan fingerprint density at radius 2 is 1.29 bits per heavy atom. The fourth-order valence-corrected chi connectivity index (χ4v) is 3.32. The summed E-state index contributed by atoms with van der Waals surface area (Å²) in [5.41, 5.74) is 7.08. The van der Waals surface area contributed by atoms with Gasteiger partial charge in [0.05, 0.1) is 6.04 Å². The number of nitrogens with two attached hydrogens (primary N) is 1. The molecule has 0 aliphatic heterocycles. The third kappa shape index (κ3) is 4.23. The van der Waals surface area contributed by atoms with Crippen LogP contribution in [0.25, 0.3) is 0 Å². The van der Waals surface area contributed by atoms with Gasteiger partial charge in [0.25, 0.3) is 0 Å². The van der Waals surface area contributed by atoms with E-state index in [9.17, 15) is 5.11 Å². The van der Waals surface area contributed by atoms with Crippen molar-refractivity contribution in [2.45, 2.75) is 38.3 Å². The van der Waals surface area contributed by atoms with E-state index < -0.39 is 11.6 Å². The van der Waals surface area contributed by atoms with E-state index in [1.807, 2.05) is 60.7 Å². The minimum atomic E-state index is -1.19. The van der Waals surface area contributed by atoms with Gasteiger partial charge in [0, 0.05) is 6.54 Å². The Kier molecular flexibility index (Phi) is 6.98. The van der Waals surface area contributed by atoms with Gasteiger partial charge in [-0.15, -0.1) is 0 Å². The van der Waals surface area contributed by atoms with Crippen molar-refractivity contribution in [1.82, 2.24) is 4.90 Å². The van der Waals surface area contributed by atoms with Gasteiger partial charge in [0.2, 0.25) is 0 Å². The highest BCUT2D eigenvalue weighted by molar-refractivity contribution is 5.38. The molecule has 2 rings (SSSR count). The maximum atomic E-state index is 11.7. The molecule has 0 radical (unpaired) electrons. The van der Waals surface area contributed by atoms with Crippen LogP contribution in [0.2, 0.25) is 0 Å². The summed E-state index contributed by atoms with van der Waals surface area (Å²) in [5.74, 6) is 0. The van der Waals surface area contributed by atoms with Gasteiger partial charge in [0.1, 0.15) is 5.60 Å². The molecule has 0 heterocycles. The van der Waals surface area contributed by atoms with Crippen LogP contribution < -0.4 is 5.73 Å². The van der Waals surface area contributed by atoms with Gasteiger partial charge < -0.3 is 15.7 Å². The molecule has 0 amide bonds. The molecule has 0 bridgehead atoms. The van der Waals surface area contributed by atoms with Crippen molar-refractivity contribution < 1.29 is 5.11 Å². The maximum absolute atomic E-state index is 11.7. The van der Waals surface area contributed by atoms with E-state index in [1.54, 1.807) is 0 Å². The van der Waals surface area contributed by atoms with Gasteiger partial charge in [-0.2, -0.15) is 0 Å². The summed E-state index contributed by atoms with van der Waals surface area (Å²) >= 11 is 0. The second-order valence-electron chi connectivity index (χ2n) is 6.41. The van der Waals surface area contributed by atoms with Crippen LogP contribution in [0, 0.1) is 0 Å². The number of hydrogen-bond acceptors (Lipinski definition) is 3. The Hall–Kier alpha value is -1.68. The maximum Gasteiger partial charge on any atom is 0.131 e. The Labute approximate surface area is 146 Å². The number of rotatable bonds is 9. The summed E-state index contributed by atoms with van der Waals surface area (Å²) in [6.45, 7) is 7.02. The van der Waals surface area contributed by atoms with Crippen LogP contribution in [0.1, 0.15) is 37.8 Å². The molecule has 24 heavy (non-hydrogen) atoms. The van der Waals surface area contributed by atoms with Gasteiger partial charge in [-0.05, 0) is 37.1 Å². The molecule has 0 aliphatic rings. The van der Waals surface area contributed by atoms with Gasteiger partial charge in [-0.3, -0.25) is 0 Å². The van der Waals surface area contributed by atoms with Gasteiger partial charge in [-0.25, -0.2) is 0 Å². The molecule has 0 fully saturated rings. The molecule has 0 spiro atoms. The highest BCUT2D eigenvalue weighted by Gasteiger charge is 2.38. The van der Waals surface area contributed by atoms with Gasteiger partial charge in [-0.1, -0.05) is 74.5 Å². The summed E-state index contributed by atoms with van der Waals surface area (Å²) in [4.78, 5) is 2.35. The molecule has 2 aromatic rings. The van der Waals surface area contributed by atoms with Crippen LogP contribution in [0.5, 0.6) is 0 Å². The first-order valence-electron chi connectivity index (χ1n) is 8.94. The lowest BCUT2D eigenvalue weighted by Gasteiger charge is -2.38. The van der Waals surface area contributed by atoms with E-state index in [0.29, 0.717) is 6.54 Å². The molecule has 0 aliphatic carbocycles. The zero-order valence-corrected chi connectivity index (χ0v) is 14.9. The highest BCUT2D eigenvalue weighted by Crippen LogP contribution is 2.32.